The minimum atomic E-state index is -1.12. The van der Waals surface area contributed by atoms with Crippen molar-refractivity contribution in [3.05, 3.63) is 24.3 Å². The number of nitrogens with zero attached hydrogens (tertiary/aromatic N) is 3. The van der Waals surface area contributed by atoms with Crippen molar-refractivity contribution in [2.24, 2.45) is 11.8 Å². The Labute approximate surface area is 215 Å². The predicted molar refractivity (Wildman–Crippen MR) is 137 cm³/mol. The summed E-state index contributed by atoms with van der Waals surface area (Å²) in [5, 5.41) is 9.10. The molecule has 8 heteroatoms. The normalized spacial score (nSPS) is 31.5. The van der Waals surface area contributed by atoms with Gasteiger partial charge in [-0.25, -0.2) is 0 Å². The van der Waals surface area contributed by atoms with Crippen LogP contribution < -0.4 is 0 Å². The predicted octanol–water partition coefficient (Wildman–Crippen LogP) is 2.52. The summed E-state index contributed by atoms with van der Waals surface area (Å²) in [6.45, 7) is 7.11. The molecule has 0 aliphatic carbocycles. The zero-order chi connectivity index (χ0) is 25.7. The molecule has 2 saturated heterocycles. The molecule has 4 aliphatic heterocycles. The van der Waals surface area contributed by atoms with Gasteiger partial charge >= 0.3 is 0 Å². The molecule has 8 nitrogen and oxygen atoms in total. The molecule has 1 unspecified atom stereocenters. The first-order chi connectivity index (χ1) is 17.5. The fourth-order valence-corrected chi connectivity index (χ4v) is 6.45. The van der Waals surface area contributed by atoms with Crippen LogP contribution in [-0.4, -0.2) is 94.6 Å². The van der Waals surface area contributed by atoms with Gasteiger partial charge in [-0.2, -0.15) is 0 Å². The fraction of sp³-hybridized carbons (Fsp3) is 0.750. The van der Waals surface area contributed by atoms with Crippen molar-refractivity contribution in [2.45, 2.75) is 83.0 Å². The second-order valence-corrected chi connectivity index (χ2v) is 10.6. The van der Waals surface area contributed by atoms with E-state index in [0.717, 1.165) is 51.4 Å². The molecule has 3 amide bonds. The van der Waals surface area contributed by atoms with E-state index in [9.17, 15) is 14.4 Å². The first-order valence-electron chi connectivity index (χ1n) is 14.0. The van der Waals surface area contributed by atoms with Crippen LogP contribution in [0.1, 0.15) is 65.2 Å². The largest absolute Gasteiger partial charge is 0.396 e. The van der Waals surface area contributed by atoms with E-state index in [1.165, 1.54) is 0 Å². The van der Waals surface area contributed by atoms with Gasteiger partial charge in [-0.15, -0.1) is 0 Å². The second-order valence-electron chi connectivity index (χ2n) is 10.6. The summed E-state index contributed by atoms with van der Waals surface area (Å²) in [6, 6.07) is -0.749. The van der Waals surface area contributed by atoms with Gasteiger partial charge in [0.25, 0.3) is 0 Å². The molecule has 1 spiro atoms. The molecule has 4 heterocycles. The number of hydrogen-bond acceptors (Lipinski definition) is 5. The zero-order valence-electron chi connectivity index (χ0n) is 21.9. The zero-order valence-corrected chi connectivity index (χ0v) is 21.9. The van der Waals surface area contributed by atoms with Crippen LogP contribution in [0, 0.1) is 11.8 Å². The number of hydrogen-bond donors (Lipinski definition) is 1. The summed E-state index contributed by atoms with van der Waals surface area (Å²) in [5.74, 6) is -1.57. The number of aliphatic hydroxyl groups excluding tert-OH is 1. The van der Waals surface area contributed by atoms with E-state index in [4.69, 9.17) is 9.84 Å². The lowest BCUT2D eigenvalue weighted by molar-refractivity contribution is -0.148. The molecule has 0 aromatic carbocycles. The van der Waals surface area contributed by atoms with Crippen molar-refractivity contribution in [2.75, 3.05) is 39.3 Å². The van der Waals surface area contributed by atoms with Crippen LogP contribution in [0.2, 0.25) is 0 Å². The van der Waals surface area contributed by atoms with Crippen molar-refractivity contribution in [3.8, 4) is 0 Å². The monoisotopic (exact) mass is 501 g/mol. The number of ether oxygens (including phenoxy) is 1. The average Bonchev–Trinajstić information content (AvgIpc) is 3.18. The minimum Gasteiger partial charge on any atom is -0.396 e. The lowest BCUT2D eigenvalue weighted by atomic mass is 9.77. The number of amides is 3. The maximum Gasteiger partial charge on any atom is 0.249 e. The second kappa shape index (κ2) is 11.9. The van der Waals surface area contributed by atoms with E-state index in [2.05, 4.69) is 6.92 Å². The fourth-order valence-electron chi connectivity index (χ4n) is 6.45. The molecule has 36 heavy (non-hydrogen) atoms. The van der Waals surface area contributed by atoms with Crippen molar-refractivity contribution < 1.29 is 24.2 Å². The number of carbonyl (C=O) groups excluding carboxylic acids is 3. The Balaban J connectivity index is 1.67. The van der Waals surface area contributed by atoms with Crippen LogP contribution in [-0.2, 0) is 19.1 Å². The Kier molecular flexibility index (Phi) is 8.88. The van der Waals surface area contributed by atoms with Crippen LogP contribution in [0.4, 0.5) is 0 Å². The highest BCUT2D eigenvalue weighted by Gasteiger charge is 2.71. The Morgan fingerprint density at radius 2 is 1.58 bits per heavy atom. The van der Waals surface area contributed by atoms with Gasteiger partial charge in [0, 0.05) is 39.3 Å². The lowest BCUT2D eigenvalue weighted by Crippen LogP contribution is -2.55. The molecule has 4 aliphatic rings. The molecule has 0 saturated carbocycles. The summed E-state index contributed by atoms with van der Waals surface area (Å²) in [5.41, 5.74) is -1.12. The van der Waals surface area contributed by atoms with Crippen LogP contribution in [0.3, 0.4) is 0 Å². The van der Waals surface area contributed by atoms with E-state index >= 15 is 0 Å². The van der Waals surface area contributed by atoms with Gasteiger partial charge in [0.2, 0.25) is 17.7 Å². The topological polar surface area (TPSA) is 90.4 Å². The molecule has 0 radical (unpaired) electrons. The van der Waals surface area contributed by atoms with E-state index in [1.54, 1.807) is 4.90 Å². The summed E-state index contributed by atoms with van der Waals surface area (Å²) in [4.78, 5) is 47.2. The van der Waals surface area contributed by atoms with Crippen molar-refractivity contribution in [1.29, 1.82) is 0 Å². The third-order valence-electron chi connectivity index (χ3n) is 8.16. The standard InChI is InChI=1S/C28H43N3O5/c1-3-5-8-16-30-18-12-14-28-23(22-21(36-28)13-11-17-29(15-4-2)25(22)33)26(34)31(24(28)27(30)35)19-9-6-7-10-20-32/h11-14,21-24,32H,3-10,15-20H2,1-2H3/t21-,22+,23+,24?,28+/m1/s1. The lowest BCUT2D eigenvalue weighted by Gasteiger charge is -2.35. The molecule has 5 atom stereocenters. The number of rotatable bonds is 12. The molecule has 0 bridgehead atoms. The Bertz CT molecular complexity index is 873. The summed E-state index contributed by atoms with van der Waals surface area (Å²) < 4.78 is 6.66. The van der Waals surface area contributed by atoms with Gasteiger partial charge in [0.05, 0.1) is 17.9 Å². The molecule has 4 rings (SSSR count). The maximum absolute atomic E-state index is 14.1. The maximum atomic E-state index is 14.1. The van der Waals surface area contributed by atoms with Gasteiger partial charge in [-0.1, -0.05) is 63.8 Å². The van der Waals surface area contributed by atoms with E-state index < -0.39 is 29.6 Å². The number of aliphatic hydroxyl groups is 1. The highest BCUT2D eigenvalue weighted by Crippen LogP contribution is 2.53. The number of carbonyl (C=O) groups is 3. The number of fused-ring (bicyclic) bond motifs is 2. The third-order valence-corrected chi connectivity index (χ3v) is 8.16. The molecule has 1 N–H and O–H groups in total. The highest BCUT2D eigenvalue weighted by molar-refractivity contribution is 5.99. The van der Waals surface area contributed by atoms with Gasteiger partial charge < -0.3 is 24.5 Å². The van der Waals surface area contributed by atoms with Crippen molar-refractivity contribution in [1.82, 2.24) is 14.7 Å². The first-order valence-corrected chi connectivity index (χ1v) is 14.0. The minimum absolute atomic E-state index is 0.0458. The number of likely N-dealkylation sites (tertiary alicyclic amines) is 1. The smallest absolute Gasteiger partial charge is 0.249 e. The highest BCUT2D eigenvalue weighted by atomic mass is 16.5. The molecule has 2 fully saturated rings. The van der Waals surface area contributed by atoms with E-state index in [-0.39, 0.29) is 24.3 Å². The quantitative estimate of drug-likeness (QED) is 0.328. The summed E-state index contributed by atoms with van der Waals surface area (Å²) in [6.07, 6.45) is 14.4. The molecule has 200 valence electrons. The van der Waals surface area contributed by atoms with Crippen LogP contribution >= 0.6 is 0 Å². The van der Waals surface area contributed by atoms with E-state index in [0.29, 0.717) is 32.7 Å². The van der Waals surface area contributed by atoms with Crippen LogP contribution in [0.25, 0.3) is 0 Å². The Morgan fingerprint density at radius 3 is 2.33 bits per heavy atom. The summed E-state index contributed by atoms with van der Waals surface area (Å²) in [7, 11) is 0. The number of unbranched alkanes of at least 4 members (excludes halogenated alkanes) is 5. The first kappa shape index (κ1) is 26.9. The van der Waals surface area contributed by atoms with Gasteiger partial charge in [0.1, 0.15) is 11.6 Å². The van der Waals surface area contributed by atoms with Crippen LogP contribution in [0.5, 0.6) is 0 Å². The molecule has 0 aromatic rings. The van der Waals surface area contributed by atoms with Gasteiger partial charge in [-0.3, -0.25) is 14.4 Å². The van der Waals surface area contributed by atoms with Crippen LogP contribution in [0.15, 0.2) is 24.3 Å². The van der Waals surface area contributed by atoms with E-state index in [1.807, 2.05) is 41.0 Å². The molecule has 0 aromatic heterocycles. The Morgan fingerprint density at radius 1 is 0.861 bits per heavy atom. The summed E-state index contributed by atoms with van der Waals surface area (Å²) >= 11 is 0. The average molecular weight is 502 g/mol. The molecular weight excluding hydrogens is 458 g/mol. The van der Waals surface area contributed by atoms with Gasteiger partial charge in [-0.05, 0) is 25.7 Å². The SMILES string of the molecule is CCCCCN1CC=C[C@]23O[C@@H]4C=CCN(CCC)C(=O)[C@@H]4[C@H]2C(=O)N(CCCCCCO)C3C1=O. The van der Waals surface area contributed by atoms with Crippen molar-refractivity contribution >= 4 is 17.7 Å². The van der Waals surface area contributed by atoms with Crippen molar-refractivity contribution in [3.63, 3.8) is 0 Å². The van der Waals surface area contributed by atoms with Gasteiger partial charge in [0.15, 0.2) is 0 Å². The third kappa shape index (κ3) is 4.86. The molecular formula is C28H43N3O5. The Hall–Kier alpha value is -2.19.